The average molecular weight is 239 g/mol. The van der Waals surface area contributed by atoms with E-state index in [0.29, 0.717) is 10.6 Å². The Kier molecular flexibility index (Phi) is 2.80. The molecule has 1 aromatic rings. The monoisotopic (exact) mass is 238 g/mol. The van der Waals surface area contributed by atoms with E-state index in [0.717, 1.165) is 18.5 Å². The Morgan fingerprint density at radius 2 is 2.12 bits per heavy atom. The lowest BCUT2D eigenvalue weighted by atomic mass is 10.00. The molecule has 0 saturated heterocycles. The van der Waals surface area contributed by atoms with Crippen molar-refractivity contribution in [1.29, 1.82) is 0 Å². The molecular weight excluding hydrogens is 224 g/mol. The molecule has 1 aliphatic heterocycles. The van der Waals surface area contributed by atoms with E-state index >= 15 is 0 Å². The highest BCUT2D eigenvalue weighted by Gasteiger charge is 2.32. The molecular formula is C12H15ClN2O. The van der Waals surface area contributed by atoms with E-state index in [-0.39, 0.29) is 11.6 Å². The van der Waals surface area contributed by atoms with Crippen LogP contribution in [0.5, 0.6) is 0 Å². The Labute approximate surface area is 100 Å². The van der Waals surface area contributed by atoms with Crippen molar-refractivity contribution in [1.82, 2.24) is 5.32 Å². The van der Waals surface area contributed by atoms with Gasteiger partial charge in [-0.25, -0.2) is 0 Å². The van der Waals surface area contributed by atoms with Crippen LogP contribution in [-0.4, -0.2) is 11.6 Å². The van der Waals surface area contributed by atoms with Gasteiger partial charge in [-0.05, 0) is 31.5 Å². The summed E-state index contributed by atoms with van der Waals surface area (Å²) in [4.78, 5) is 11.9. The van der Waals surface area contributed by atoms with E-state index in [1.54, 1.807) is 12.1 Å². The van der Waals surface area contributed by atoms with Crippen LogP contribution in [-0.2, 0) is 0 Å². The van der Waals surface area contributed by atoms with E-state index in [1.165, 1.54) is 0 Å². The maximum Gasteiger partial charge on any atom is 0.255 e. The van der Waals surface area contributed by atoms with Crippen LogP contribution in [0.25, 0.3) is 0 Å². The molecule has 16 heavy (non-hydrogen) atoms. The lowest BCUT2D eigenvalue weighted by molar-refractivity contribution is 0.0903. The summed E-state index contributed by atoms with van der Waals surface area (Å²) in [6.07, 6.45) is 1.90. The van der Waals surface area contributed by atoms with Crippen molar-refractivity contribution in [3.05, 3.63) is 28.8 Å². The average Bonchev–Trinajstić information content (AvgIpc) is 2.19. The number of nitrogens with one attached hydrogen (secondary N) is 2. The van der Waals surface area contributed by atoms with Gasteiger partial charge in [0.05, 0.1) is 5.56 Å². The van der Waals surface area contributed by atoms with Gasteiger partial charge in [-0.2, -0.15) is 0 Å². The molecule has 0 aromatic heterocycles. The number of hydrogen-bond donors (Lipinski definition) is 2. The zero-order chi connectivity index (χ0) is 11.8. The smallest absolute Gasteiger partial charge is 0.255 e. The third-order valence-electron chi connectivity index (χ3n) is 2.78. The van der Waals surface area contributed by atoms with Gasteiger partial charge in [0, 0.05) is 10.7 Å². The predicted molar refractivity (Wildman–Crippen MR) is 65.9 cm³/mol. The number of amides is 1. The summed E-state index contributed by atoms with van der Waals surface area (Å²) in [5, 5.41) is 6.89. The topological polar surface area (TPSA) is 41.1 Å². The molecule has 1 atom stereocenters. The lowest BCUT2D eigenvalue weighted by Crippen LogP contribution is -2.55. The van der Waals surface area contributed by atoms with E-state index in [2.05, 4.69) is 17.6 Å². The van der Waals surface area contributed by atoms with Crippen LogP contribution in [0.1, 0.15) is 37.0 Å². The second-order valence-corrected chi connectivity index (χ2v) is 4.79. The summed E-state index contributed by atoms with van der Waals surface area (Å²) >= 11 is 5.87. The molecule has 1 unspecified atom stereocenters. The summed E-state index contributed by atoms with van der Waals surface area (Å²) in [6, 6.07) is 5.33. The Bertz CT molecular complexity index is 433. The van der Waals surface area contributed by atoms with Crippen molar-refractivity contribution >= 4 is 23.2 Å². The molecule has 3 nitrogen and oxygen atoms in total. The maximum atomic E-state index is 11.9. The molecule has 86 valence electrons. The van der Waals surface area contributed by atoms with Crippen LogP contribution in [0.3, 0.4) is 0 Å². The molecule has 1 amide bonds. The molecule has 1 aliphatic rings. The van der Waals surface area contributed by atoms with Gasteiger partial charge in [0.2, 0.25) is 0 Å². The fourth-order valence-corrected chi connectivity index (χ4v) is 2.26. The highest BCUT2D eigenvalue weighted by atomic mass is 35.5. The summed E-state index contributed by atoms with van der Waals surface area (Å²) in [5.41, 5.74) is 1.11. The van der Waals surface area contributed by atoms with Crippen molar-refractivity contribution < 1.29 is 4.79 Å². The Hall–Kier alpha value is -1.22. The molecule has 2 N–H and O–H groups in total. The normalized spacial score (nSPS) is 23.3. The Balaban J connectivity index is 2.37. The molecule has 0 saturated carbocycles. The number of carbonyl (C=O) groups excluding carboxylic acids is 1. The summed E-state index contributed by atoms with van der Waals surface area (Å²) in [6.45, 7) is 4.09. The first kappa shape index (κ1) is 11.3. The van der Waals surface area contributed by atoms with Crippen LogP contribution >= 0.6 is 11.6 Å². The first-order valence-electron chi connectivity index (χ1n) is 5.44. The second-order valence-electron chi connectivity index (χ2n) is 4.35. The van der Waals surface area contributed by atoms with Crippen LogP contribution in [0.15, 0.2) is 18.2 Å². The highest BCUT2D eigenvalue weighted by molar-refractivity contribution is 6.31. The van der Waals surface area contributed by atoms with Gasteiger partial charge in [-0.15, -0.1) is 0 Å². The van der Waals surface area contributed by atoms with Gasteiger partial charge in [-0.3, -0.25) is 4.79 Å². The van der Waals surface area contributed by atoms with Gasteiger partial charge < -0.3 is 10.6 Å². The first-order valence-corrected chi connectivity index (χ1v) is 5.82. The largest absolute Gasteiger partial charge is 0.362 e. The van der Waals surface area contributed by atoms with Crippen LogP contribution in [0.4, 0.5) is 5.69 Å². The first-order chi connectivity index (χ1) is 7.54. The minimum Gasteiger partial charge on any atom is -0.362 e. The zero-order valence-electron chi connectivity index (χ0n) is 9.43. The van der Waals surface area contributed by atoms with Crippen molar-refractivity contribution in [2.45, 2.75) is 32.4 Å². The second kappa shape index (κ2) is 3.98. The molecule has 0 bridgehead atoms. The molecule has 1 aromatic carbocycles. The number of anilines is 1. The Morgan fingerprint density at radius 1 is 1.38 bits per heavy atom. The maximum absolute atomic E-state index is 11.9. The molecule has 0 spiro atoms. The zero-order valence-corrected chi connectivity index (χ0v) is 10.2. The standard InChI is InChI=1S/C12H15ClN2O/c1-3-6-12(2)14-10-5-4-8(13)7-9(10)11(16)15-12/h4-5,7,14H,3,6H2,1-2H3,(H,15,16). The fraction of sp³-hybridized carbons (Fsp3) is 0.417. The van der Waals surface area contributed by atoms with Crippen LogP contribution < -0.4 is 10.6 Å². The molecule has 0 radical (unpaired) electrons. The van der Waals surface area contributed by atoms with Gasteiger partial charge in [0.15, 0.2) is 0 Å². The quantitative estimate of drug-likeness (QED) is 0.832. The molecule has 0 fully saturated rings. The minimum absolute atomic E-state index is 0.0628. The van der Waals surface area contributed by atoms with Gasteiger partial charge in [0.25, 0.3) is 5.91 Å². The van der Waals surface area contributed by atoms with E-state index in [9.17, 15) is 4.79 Å². The summed E-state index contributed by atoms with van der Waals surface area (Å²) in [5.74, 6) is -0.0628. The predicted octanol–water partition coefficient (Wildman–Crippen LogP) is 3.01. The molecule has 2 rings (SSSR count). The van der Waals surface area contributed by atoms with Gasteiger partial charge >= 0.3 is 0 Å². The third-order valence-corrected chi connectivity index (χ3v) is 3.01. The molecule has 4 heteroatoms. The van der Waals surface area contributed by atoms with Gasteiger partial charge in [-0.1, -0.05) is 24.9 Å². The number of carbonyl (C=O) groups is 1. The number of fused-ring (bicyclic) bond motifs is 1. The summed E-state index contributed by atoms with van der Waals surface area (Å²) in [7, 11) is 0. The molecule has 0 aliphatic carbocycles. The molecule has 1 heterocycles. The van der Waals surface area contributed by atoms with E-state index in [4.69, 9.17) is 11.6 Å². The minimum atomic E-state index is -0.355. The third kappa shape index (κ3) is 2.00. The number of hydrogen-bond acceptors (Lipinski definition) is 2. The fourth-order valence-electron chi connectivity index (χ4n) is 2.08. The van der Waals surface area contributed by atoms with Gasteiger partial charge in [0.1, 0.15) is 5.66 Å². The van der Waals surface area contributed by atoms with Crippen LogP contribution in [0, 0.1) is 0 Å². The Morgan fingerprint density at radius 3 is 2.81 bits per heavy atom. The van der Waals surface area contributed by atoms with Crippen molar-refractivity contribution in [2.24, 2.45) is 0 Å². The SMILES string of the molecule is CCCC1(C)NC(=O)c2cc(Cl)ccc2N1. The van der Waals surface area contributed by atoms with E-state index < -0.39 is 0 Å². The number of halogens is 1. The van der Waals surface area contributed by atoms with Crippen molar-refractivity contribution in [3.63, 3.8) is 0 Å². The number of rotatable bonds is 2. The summed E-state index contributed by atoms with van der Waals surface area (Å²) < 4.78 is 0. The van der Waals surface area contributed by atoms with Crippen molar-refractivity contribution in [3.8, 4) is 0 Å². The number of benzene rings is 1. The highest BCUT2D eigenvalue weighted by Crippen LogP contribution is 2.28. The van der Waals surface area contributed by atoms with E-state index in [1.807, 2.05) is 13.0 Å². The van der Waals surface area contributed by atoms with Crippen LogP contribution in [0.2, 0.25) is 5.02 Å². The lowest BCUT2D eigenvalue weighted by Gasteiger charge is -2.37. The van der Waals surface area contributed by atoms with Crippen molar-refractivity contribution in [2.75, 3.05) is 5.32 Å².